The molecule has 0 unspecified atom stereocenters. The van der Waals surface area contributed by atoms with Crippen molar-refractivity contribution in [3.63, 3.8) is 0 Å². The van der Waals surface area contributed by atoms with Crippen molar-refractivity contribution in [3.05, 3.63) is 39.6 Å². The molecular weight excluding hydrogens is 270 g/mol. The van der Waals surface area contributed by atoms with E-state index in [1.165, 1.54) is 4.57 Å². The zero-order valence-electron chi connectivity index (χ0n) is 12.0. The van der Waals surface area contributed by atoms with Crippen LogP contribution in [0.3, 0.4) is 0 Å². The third kappa shape index (κ3) is 2.97. The van der Waals surface area contributed by atoms with Gasteiger partial charge in [0.25, 0.3) is 5.56 Å². The normalized spacial score (nSPS) is 10.2. The fraction of sp³-hybridized carbons (Fsp3) is 0.308. The summed E-state index contributed by atoms with van der Waals surface area (Å²) in [5, 5.41) is 9.02. The molecule has 0 spiro atoms. The Kier molecular flexibility index (Phi) is 3.84. The molecule has 2 rings (SSSR count). The van der Waals surface area contributed by atoms with Gasteiger partial charge in [-0.1, -0.05) is 0 Å². The lowest BCUT2D eigenvalue weighted by Crippen LogP contribution is -2.25. The summed E-state index contributed by atoms with van der Waals surface area (Å²) in [5.41, 5.74) is 6.03. The van der Waals surface area contributed by atoms with E-state index in [4.69, 9.17) is 11.0 Å². The number of nitriles is 1. The molecule has 0 aliphatic heterocycles. The molecule has 2 aromatic heterocycles. The van der Waals surface area contributed by atoms with Crippen molar-refractivity contribution in [2.75, 3.05) is 24.7 Å². The van der Waals surface area contributed by atoms with Gasteiger partial charge in [-0.05, 0) is 18.6 Å². The Morgan fingerprint density at radius 2 is 2.10 bits per heavy atom. The van der Waals surface area contributed by atoms with Gasteiger partial charge in [0.15, 0.2) is 5.82 Å². The van der Waals surface area contributed by atoms with Gasteiger partial charge < -0.3 is 15.2 Å². The Bertz CT molecular complexity index is 773. The van der Waals surface area contributed by atoms with Crippen LogP contribution in [0.25, 0.3) is 0 Å². The molecule has 0 aliphatic rings. The molecular formula is C13H15N7O. The SMILES string of the molecule is Cc1ccn(Cc2nc(N)nc(N(C)C)n2)c(=O)c1C#N. The van der Waals surface area contributed by atoms with Gasteiger partial charge in [-0.25, -0.2) is 0 Å². The third-order valence-corrected chi connectivity index (χ3v) is 2.88. The molecule has 2 N–H and O–H groups in total. The fourth-order valence-corrected chi connectivity index (χ4v) is 1.77. The van der Waals surface area contributed by atoms with Crippen molar-refractivity contribution in [1.29, 1.82) is 5.26 Å². The molecule has 8 nitrogen and oxygen atoms in total. The van der Waals surface area contributed by atoms with Crippen LogP contribution in [0.1, 0.15) is 17.0 Å². The van der Waals surface area contributed by atoms with E-state index in [1.54, 1.807) is 38.2 Å². The van der Waals surface area contributed by atoms with Crippen LogP contribution in [-0.2, 0) is 6.54 Å². The lowest BCUT2D eigenvalue weighted by atomic mass is 10.2. The second-order valence-corrected chi connectivity index (χ2v) is 4.72. The van der Waals surface area contributed by atoms with Gasteiger partial charge in [-0.3, -0.25) is 4.79 Å². The van der Waals surface area contributed by atoms with Crippen LogP contribution < -0.4 is 16.2 Å². The quantitative estimate of drug-likeness (QED) is 0.838. The summed E-state index contributed by atoms with van der Waals surface area (Å²) in [6, 6.07) is 3.62. The van der Waals surface area contributed by atoms with Gasteiger partial charge in [0.2, 0.25) is 11.9 Å². The number of aromatic nitrogens is 4. The van der Waals surface area contributed by atoms with E-state index < -0.39 is 0 Å². The highest BCUT2D eigenvalue weighted by Gasteiger charge is 2.10. The number of hydrogen-bond donors (Lipinski definition) is 1. The predicted octanol–water partition coefficient (Wildman–Crippen LogP) is -0.0901. The van der Waals surface area contributed by atoms with Gasteiger partial charge >= 0.3 is 0 Å². The summed E-state index contributed by atoms with van der Waals surface area (Å²) in [4.78, 5) is 26.1. The molecule has 0 aromatic carbocycles. The Labute approximate surface area is 121 Å². The van der Waals surface area contributed by atoms with Gasteiger partial charge in [-0.2, -0.15) is 20.2 Å². The molecule has 0 atom stereocenters. The summed E-state index contributed by atoms with van der Waals surface area (Å²) in [6.07, 6.45) is 1.60. The second-order valence-electron chi connectivity index (χ2n) is 4.72. The van der Waals surface area contributed by atoms with Crippen LogP contribution in [-0.4, -0.2) is 33.6 Å². The van der Waals surface area contributed by atoms with E-state index in [2.05, 4.69) is 15.0 Å². The summed E-state index contributed by atoms with van der Waals surface area (Å²) in [7, 11) is 3.56. The Hall–Kier alpha value is -2.95. The fourth-order valence-electron chi connectivity index (χ4n) is 1.77. The first-order chi connectivity index (χ1) is 9.92. The number of nitrogen functional groups attached to an aromatic ring is 1. The van der Waals surface area contributed by atoms with E-state index in [-0.39, 0.29) is 23.6 Å². The summed E-state index contributed by atoms with van der Waals surface area (Å²) < 4.78 is 1.37. The van der Waals surface area contributed by atoms with E-state index >= 15 is 0 Å². The molecule has 0 amide bonds. The highest BCUT2D eigenvalue weighted by molar-refractivity contribution is 5.35. The van der Waals surface area contributed by atoms with E-state index in [0.717, 1.165) is 0 Å². The van der Waals surface area contributed by atoms with Crippen molar-refractivity contribution in [1.82, 2.24) is 19.5 Å². The molecule has 0 fully saturated rings. The second kappa shape index (κ2) is 5.58. The zero-order chi connectivity index (χ0) is 15.6. The lowest BCUT2D eigenvalue weighted by molar-refractivity contribution is 0.704. The average molecular weight is 285 g/mol. The number of nitrogens with zero attached hydrogens (tertiary/aromatic N) is 6. The van der Waals surface area contributed by atoms with Crippen LogP contribution in [0.2, 0.25) is 0 Å². The number of aryl methyl sites for hydroxylation is 1. The number of pyridine rings is 1. The van der Waals surface area contributed by atoms with E-state index in [1.807, 2.05) is 6.07 Å². The summed E-state index contributed by atoms with van der Waals surface area (Å²) in [5.74, 6) is 0.864. The Morgan fingerprint density at radius 1 is 1.38 bits per heavy atom. The molecule has 0 radical (unpaired) electrons. The highest BCUT2D eigenvalue weighted by Crippen LogP contribution is 2.07. The third-order valence-electron chi connectivity index (χ3n) is 2.88. The van der Waals surface area contributed by atoms with Gasteiger partial charge in [0.05, 0.1) is 6.54 Å². The maximum Gasteiger partial charge on any atom is 0.269 e. The maximum absolute atomic E-state index is 12.2. The average Bonchev–Trinajstić information content (AvgIpc) is 2.42. The van der Waals surface area contributed by atoms with Crippen LogP contribution in [0.5, 0.6) is 0 Å². The number of rotatable bonds is 3. The standard InChI is InChI=1S/C13H15N7O/c1-8-4-5-20(11(21)9(8)6-14)7-10-16-12(15)18-13(17-10)19(2)3/h4-5H,7H2,1-3H3,(H2,15,16,17,18). The van der Waals surface area contributed by atoms with Crippen molar-refractivity contribution in [2.24, 2.45) is 0 Å². The van der Waals surface area contributed by atoms with Crippen molar-refractivity contribution in [3.8, 4) is 6.07 Å². The highest BCUT2D eigenvalue weighted by atomic mass is 16.1. The molecule has 8 heteroatoms. The predicted molar refractivity (Wildman–Crippen MR) is 77.8 cm³/mol. The molecule has 2 heterocycles. The molecule has 0 saturated heterocycles. The van der Waals surface area contributed by atoms with Gasteiger partial charge in [0.1, 0.15) is 11.6 Å². The number of hydrogen-bond acceptors (Lipinski definition) is 7. The first-order valence-corrected chi connectivity index (χ1v) is 6.20. The smallest absolute Gasteiger partial charge is 0.269 e. The zero-order valence-corrected chi connectivity index (χ0v) is 12.0. The van der Waals surface area contributed by atoms with Gasteiger partial charge in [0, 0.05) is 20.3 Å². The first kappa shape index (κ1) is 14.5. The first-order valence-electron chi connectivity index (χ1n) is 6.20. The topological polar surface area (TPSA) is 114 Å². The summed E-state index contributed by atoms with van der Waals surface area (Å²) >= 11 is 0. The van der Waals surface area contributed by atoms with Crippen LogP contribution in [0, 0.1) is 18.3 Å². The lowest BCUT2D eigenvalue weighted by Gasteiger charge is -2.12. The molecule has 2 aromatic rings. The van der Waals surface area contributed by atoms with E-state index in [0.29, 0.717) is 17.3 Å². The maximum atomic E-state index is 12.2. The molecule has 0 saturated carbocycles. The van der Waals surface area contributed by atoms with Crippen molar-refractivity contribution >= 4 is 11.9 Å². The minimum Gasteiger partial charge on any atom is -0.368 e. The summed E-state index contributed by atoms with van der Waals surface area (Å²) in [6.45, 7) is 1.84. The Morgan fingerprint density at radius 3 is 2.71 bits per heavy atom. The molecule has 0 bridgehead atoms. The van der Waals surface area contributed by atoms with Crippen molar-refractivity contribution < 1.29 is 0 Å². The Balaban J connectivity index is 2.44. The monoisotopic (exact) mass is 285 g/mol. The van der Waals surface area contributed by atoms with E-state index in [9.17, 15) is 4.79 Å². The van der Waals surface area contributed by atoms with Crippen LogP contribution in [0.15, 0.2) is 17.1 Å². The van der Waals surface area contributed by atoms with Gasteiger partial charge in [-0.15, -0.1) is 0 Å². The number of anilines is 2. The molecule has 108 valence electrons. The minimum absolute atomic E-state index is 0.0874. The largest absolute Gasteiger partial charge is 0.368 e. The molecule has 21 heavy (non-hydrogen) atoms. The van der Waals surface area contributed by atoms with Crippen molar-refractivity contribution in [2.45, 2.75) is 13.5 Å². The van der Waals surface area contributed by atoms with Crippen LogP contribution in [0.4, 0.5) is 11.9 Å². The minimum atomic E-state index is -0.372. The molecule has 0 aliphatic carbocycles. The number of nitrogens with two attached hydrogens (primary N) is 1. The van der Waals surface area contributed by atoms with Crippen LogP contribution >= 0.6 is 0 Å².